The summed E-state index contributed by atoms with van der Waals surface area (Å²) in [5.74, 6) is 0.846. The lowest BCUT2D eigenvalue weighted by atomic mass is 10.2. The number of nitrogens with zero attached hydrogens (tertiary/aromatic N) is 4. The van der Waals surface area contributed by atoms with Crippen molar-refractivity contribution >= 4 is 23.4 Å². The third-order valence-electron chi connectivity index (χ3n) is 3.67. The minimum atomic E-state index is -0.156. The molecular weight excluding hydrogens is 346 g/mol. The summed E-state index contributed by atoms with van der Waals surface area (Å²) in [5, 5.41) is 20.9. The number of carbonyl (C=O) groups is 1. The molecule has 1 heterocycles. The Morgan fingerprint density at radius 2 is 2.00 bits per heavy atom. The second kappa shape index (κ2) is 8.32. The molecular formula is C19H17N5OS. The Balaban J connectivity index is 1.67. The fourth-order valence-corrected chi connectivity index (χ4v) is 3.28. The van der Waals surface area contributed by atoms with Gasteiger partial charge in [-0.2, -0.15) is 5.26 Å². The molecule has 0 unspecified atom stereocenters. The van der Waals surface area contributed by atoms with Crippen LogP contribution in [0.5, 0.6) is 0 Å². The molecule has 26 heavy (non-hydrogen) atoms. The quantitative estimate of drug-likeness (QED) is 0.677. The van der Waals surface area contributed by atoms with Crippen LogP contribution in [0.1, 0.15) is 12.5 Å². The maximum atomic E-state index is 12.2. The van der Waals surface area contributed by atoms with Crippen molar-refractivity contribution in [2.75, 3.05) is 11.1 Å². The zero-order valence-corrected chi connectivity index (χ0v) is 15.0. The van der Waals surface area contributed by atoms with Gasteiger partial charge in [-0.05, 0) is 25.1 Å². The van der Waals surface area contributed by atoms with Crippen LogP contribution in [0.15, 0.2) is 59.8 Å². The normalized spacial score (nSPS) is 10.3. The van der Waals surface area contributed by atoms with Crippen LogP contribution in [-0.4, -0.2) is 26.4 Å². The van der Waals surface area contributed by atoms with Gasteiger partial charge in [0.25, 0.3) is 0 Å². The maximum Gasteiger partial charge on any atom is 0.234 e. The summed E-state index contributed by atoms with van der Waals surface area (Å²) < 4.78 is 1.99. The minimum absolute atomic E-state index is 0.156. The van der Waals surface area contributed by atoms with Crippen molar-refractivity contribution in [3.63, 3.8) is 0 Å². The standard InChI is InChI=1S/C19H17N5OS/c1-2-24-18(15-8-4-3-5-9-15)22-23-19(24)26-13-17(25)21-16-10-6-7-14(11-16)12-20/h3-11H,2,13H2,1H3,(H,21,25). The average molecular weight is 363 g/mol. The van der Waals surface area contributed by atoms with E-state index in [0.717, 1.165) is 11.4 Å². The first kappa shape index (κ1) is 17.7. The number of rotatable bonds is 6. The van der Waals surface area contributed by atoms with Crippen LogP contribution < -0.4 is 5.32 Å². The number of hydrogen-bond donors (Lipinski definition) is 1. The van der Waals surface area contributed by atoms with Crippen LogP contribution >= 0.6 is 11.8 Å². The van der Waals surface area contributed by atoms with Crippen molar-refractivity contribution in [1.82, 2.24) is 14.8 Å². The lowest BCUT2D eigenvalue weighted by Gasteiger charge is -2.08. The summed E-state index contributed by atoms with van der Waals surface area (Å²) >= 11 is 1.34. The lowest BCUT2D eigenvalue weighted by molar-refractivity contribution is -0.113. The van der Waals surface area contributed by atoms with Crippen molar-refractivity contribution in [3.05, 3.63) is 60.2 Å². The molecule has 7 heteroatoms. The molecule has 1 amide bonds. The molecule has 130 valence electrons. The number of amides is 1. The Bertz CT molecular complexity index is 946. The minimum Gasteiger partial charge on any atom is -0.325 e. The van der Waals surface area contributed by atoms with Gasteiger partial charge < -0.3 is 9.88 Å². The molecule has 0 aliphatic heterocycles. The summed E-state index contributed by atoms with van der Waals surface area (Å²) in [7, 11) is 0. The SMILES string of the molecule is CCn1c(SCC(=O)Nc2cccc(C#N)c2)nnc1-c1ccccc1. The van der Waals surface area contributed by atoms with Gasteiger partial charge in [-0.1, -0.05) is 48.2 Å². The van der Waals surface area contributed by atoms with Crippen LogP contribution in [0.4, 0.5) is 5.69 Å². The molecule has 1 aromatic heterocycles. The van der Waals surface area contributed by atoms with Crippen LogP contribution in [0, 0.1) is 11.3 Å². The van der Waals surface area contributed by atoms with Gasteiger partial charge in [-0.3, -0.25) is 4.79 Å². The number of hydrogen-bond acceptors (Lipinski definition) is 5. The van der Waals surface area contributed by atoms with Gasteiger partial charge in [-0.15, -0.1) is 10.2 Å². The molecule has 0 atom stereocenters. The highest BCUT2D eigenvalue weighted by Crippen LogP contribution is 2.24. The first-order valence-electron chi connectivity index (χ1n) is 8.12. The molecule has 0 saturated heterocycles. The summed E-state index contributed by atoms with van der Waals surface area (Å²) in [4.78, 5) is 12.2. The van der Waals surface area contributed by atoms with Gasteiger partial charge in [0.15, 0.2) is 11.0 Å². The van der Waals surface area contributed by atoms with Crippen LogP contribution in [0.2, 0.25) is 0 Å². The third kappa shape index (κ3) is 4.10. The molecule has 0 aliphatic rings. The fraction of sp³-hybridized carbons (Fsp3) is 0.158. The Morgan fingerprint density at radius 1 is 1.19 bits per heavy atom. The number of aromatic nitrogens is 3. The largest absolute Gasteiger partial charge is 0.325 e. The zero-order chi connectivity index (χ0) is 18.4. The second-order valence-corrected chi connectivity index (χ2v) is 6.39. The Kier molecular flexibility index (Phi) is 5.66. The van der Waals surface area contributed by atoms with E-state index < -0.39 is 0 Å². The molecule has 0 bridgehead atoms. The Morgan fingerprint density at radius 3 is 2.73 bits per heavy atom. The predicted molar refractivity (Wildman–Crippen MR) is 102 cm³/mol. The molecule has 2 aromatic carbocycles. The maximum absolute atomic E-state index is 12.2. The zero-order valence-electron chi connectivity index (χ0n) is 14.2. The Hall–Kier alpha value is -3.11. The van der Waals surface area contributed by atoms with Gasteiger partial charge in [0.05, 0.1) is 17.4 Å². The molecule has 0 radical (unpaired) electrons. The lowest BCUT2D eigenvalue weighted by Crippen LogP contribution is -2.14. The second-order valence-electron chi connectivity index (χ2n) is 5.45. The number of thioether (sulfide) groups is 1. The first-order valence-corrected chi connectivity index (χ1v) is 9.11. The molecule has 0 spiro atoms. The highest BCUT2D eigenvalue weighted by molar-refractivity contribution is 7.99. The molecule has 3 aromatic rings. The van der Waals surface area contributed by atoms with E-state index in [4.69, 9.17) is 5.26 Å². The first-order chi connectivity index (χ1) is 12.7. The van der Waals surface area contributed by atoms with Crippen molar-refractivity contribution in [2.24, 2.45) is 0 Å². The van der Waals surface area contributed by atoms with Crippen LogP contribution in [0.25, 0.3) is 11.4 Å². The van der Waals surface area contributed by atoms with Gasteiger partial charge in [0.1, 0.15) is 0 Å². The molecule has 0 fully saturated rings. The summed E-state index contributed by atoms with van der Waals surface area (Å²) in [5.41, 5.74) is 2.11. The van der Waals surface area contributed by atoms with Crippen molar-refractivity contribution in [1.29, 1.82) is 5.26 Å². The predicted octanol–water partition coefficient (Wildman–Crippen LogP) is 3.57. The van der Waals surface area contributed by atoms with Crippen LogP contribution in [0.3, 0.4) is 0 Å². The van der Waals surface area contributed by atoms with Crippen LogP contribution in [-0.2, 0) is 11.3 Å². The van der Waals surface area contributed by atoms with Gasteiger partial charge in [-0.25, -0.2) is 0 Å². The molecule has 3 rings (SSSR count). The van der Waals surface area contributed by atoms with E-state index in [9.17, 15) is 4.79 Å². The number of carbonyl (C=O) groups excluding carboxylic acids is 1. The number of nitrogens with one attached hydrogen (secondary N) is 1. The number of anilines is 1. The highest BCUT2D eigenvalue weighted by Gasteiger charge is 2.14. The number of nitriles is 1. The van der Waals surface area contributed by atoms with Crippen molar-refractivity contribution in [2.45, 2.75) is 18.6 Å². The molecule has 6 nitrogen and oxygen atoms in total. The smallest absolute Gasteiger partial charge is 0.234 e. The third-order valence-corrected chi connectivity index (χ3v) is 4.64. The summed E-state index contributed by atoms with van der Waals surface area (Å²) in [6, 6.07) is 18.7. The van der Waals surface area contributed by atoms with Crippen molar-refractivity contribution in [3.8, 4) is 17.5 Å². The van der Waals surface area contributed by atoms with E-state index in [-0.39, 0.29) is 11.7 Å². The van der Waals surface area contributed by atoms with E-state index in [1.165, 1.54) is 11.8 Å². The van der Waals surface area contributed by atoms with E-state index in [1.54, 1.807) is 24.3 Å². The monoisotopic (exact) mass is 363 g/mol. The van der Waals surface area contributed by atoms with Crippen molar-refractivity contribution < 1.29 is 4.79 Å². The Labute approximate surface area is 155 Å². The average Bonchev–Trinajstić information content (AvgIpc) is 3.10. The number of benzene rings is 2. The van der Waals surface area contributed by atoms with E-state index >= 15 is 0 Å². The molecule has 0 saturated carbocycles. The highest BCUT2D eigenvalue weighted by atomic mass is 32.2. The van der Waals surface area contributed by atoms with Gasteiger partial charge >= 0.3 is 0 Å². The van der Waals surface area contributed by atoms with E-state index in [0.29, 0.717) is 23.0 Å². The molecule has 1 N–H and O–H groups in total. The summed E-state index contributed by atoms with van der Waals surface area (Å²) in [6.07, 6.45) is 0. The summed E-state index contributed by atoms with van der Waals surface area (Å²) in [6.45, 7) is 2.73. The fourth-order valence-electron chi connectivity index (χ4n) is 2.47. The van der Waals surface area contributed by atoms with E-state index in [2.05, 4.69) is 21.6 Å². The topological polar surface area (TPSA) is 83.6 Å². The van der Waals surface area contributed by atoms with Gasteiger partial charge in [0.2, 0.25) is 5.91 Å². The van der Waals surface area contributed by atoms with E-state index in [1.807, 2.05) is 41.8 Å². The van der Waals surface area contributed by atoms with Gasteiger partial charge in [0, 0.05) is 17.8 Å². The molecule has 0 aliphatic carbocycles.